The number of hydrogen-bond donors (Lipinski definition) is 1. The van der Waals surface area contributed by atoms with Crippen LogP contribution in [0.2, 0.25) is 0 Å². The van der Waals surface area contributed by atoms with Gasteiger partial charge in [0.05, 0.1) is 18.1 Å². The van der Waals surface area contributed by atoms with Crippen molar-refractivity contribution in [2.75, 3.05) is 16.8 Å². The molecule has 1 atom stereocenters. The predicted octanol–water partition coefficient (Wildman–Crippen LogP) is 3.90. The van der Waals surface area contributed by atoms with E-state index in [1.807, 2.05) is 13.8 Å². The highest BCUT2D eigenvalue weighted by atomic mass is 19.4. The standard InChI is InChI=1S/C21H20F3N5O3/c1-12(2)29-18-13(10-26-29)8-14(11-25-18)27-19(30)17-6-7-28(20(17)31)15-4-3-5-16(9-15)32-21(22,23)24/h3-5,8-12,17H,6-7H2,1-2H3,(H,27,30)/t17-/m1/s1. The first-order valence-electron chi connectivity index (χ1n) is 9.94. The van der Waals surface area contributed by atoms with Crippen LogP contribution in [0.4, 0.5) is 24.5 Å². The topological polar surface area (TPSA) is 89.4 Å². The molecule has 0 aliphatic carbocycles. The lowest BCUT2D eigenvalue weighted by Crippen LogP contribution is -2.33. The molecule has 2 amide bonds. The van der Waals surface area contributed by atoms with E-state index < -0.39 is 29.8 Å². The van der Waals surface area contributed by atoms with Gasteiger partial charge in [-0.1, -0.05) is 6.07 Å². The Hall–Kier alpha value is -3.63. The summed E-state index contributed by atoms with van der Waals surface area (Å²) in [6, 6.07) is 6.97. The molecule has 168 valence electrons. The van der Waals surface area contributed by atoms with E-state index in [-0.39, 0.29) is 24.7 Å². The Bertz CT molecular complexity index is 1170. The van der Waals surface area contributed by atoms with E-state index in [9.17, 15) is 22.8 Å². The zero-order valence-electron chi connectivity index (χ0n) is 17.3. The number of carbonyl (C=O) groups is 2. The van der Waals surface area contributed by atoms with Gasteiger partial charge in [0.2, 0.25) is 11.8 Å². The minimum absolute atomic E-state index is 0.127. The lowest BCUT2D eigenvalue weighted by atomic mass is 10.1. The molecular formula is C21H20F3N5O3. The molecule has 1 aliphatic rings. The number of benzene rings is 1. The van der Waals surface area contributed by atoms with Crippen LogP contribution in [0.15, 0.2) is 42.7 Å². The largest absolute Gasteiger partial charge is 0.573 e. The zero-order valence-corrected chi connectivity index (χ0v) is 17.3. The van der Waals surface area contributed by atoms with Crippen molar-refractivity contribution >= 4 is 34.2 Å². The maximum Gasteiger partial charge on any atom is 0.573 e. The molecule has 0 unspecified atom stereocenters. The predicted molar refractivity (Wildman–Crippen MR) is 110 cm³/mol. The van der Waals surface area contributed by atoms with Crippen molar-refractivity contribution in [1.29, 1.82) is 0 Å². The van der Waals surface area contributed by atoms with Crippen LogP contribution < -0.4 is 15.0 Å². The molecule has 3 aromatic rings. The number of alkyl halides is 3. The number of nitrogens with zero attached hydrogens (tertiary/aromatic N) is 4. The number of hydrogen-bond acceptors (Lipinski definition) is 5. The Morgan fingerprint density at radius 3 is 2.75 bits per heavy atom. The summed E-state index contributed by atoms with van der Waals surface area (Å²) < 4.78 is 43.1. The quantitative estimate of drug-likeness (QED) is 0.600. The molecule has 1 aliphatic heterocycles. The van der Waals surface area contributed by atoms with Crippen molar-refractivity contribution in [1.82, 2.24) is 14.8 Å². The molecule has 1 N–H and O–H groups in total. The van der Waals surface area contributed by atoms with Crippen LogP contribution in [-0.4, -0.2) is 39.5 Å². The molecular weight excluding hydrogens is 427 g/mol. The Balaban J connectivity index is 1.46. The maximum absolute atomic E-state index is 12.8. The molecule has 4 rings (SSSR count). The summed E-state index contributed by atoms with van der Waals surface area (Å²) in [5.74, 6) is -2.39. The van der Waals surface area contributed by atoms with Crippen LogP contribution in [0.1, 0.15) is 26.3 Å². The molecule has 0 radical (unpaired) electrons. The molecule has 0 bridgehead atoms. The van der Waals surface area contributed by atoms with Crippen molar-refractivity contribution in [3.05, 3.63) is 42.7 Å². The van der Waals surface area contributed by atoms with E-state index in [1.54, 1.807) is 16.9 Å². The first kappa shape index (κ1) is 21.6. The van der Waals surface area contributed by atoms with Gasteiger partial charge in [-0.15, -0.1) is 13.2 Å². The Labute approximate surface area is 181 Å². The van der Waals surface area contributed by atoms with Gasteiger partial charge in [-0.25, -0.2) is 9.67 Å². The number of nitrogens with one attached hydrogen (secondary N) is 1. The highest BCUT2D eigenvalue weighted by Crippen LogP contribution is 2.31. The average molecular weight is 447 g/mol. The third-order valence-corrected chi connectivity index (χ3v) is 5.07. The minimum Gasteiger partial charge on any atom is -0.406 e. The fourth-order valence-corrected chi connectivity index (χ4v) is 3.64. The van der Waals surface area contributed by atoms with Crippen LogP contribution in [0, 0.1) is 5.92 Å². The van der Waals surface area contributed by atoms with Gasteiger partial charge in [0.1, 0.15) is 11.7 Å². The number of rotatable bonds is 5. The molecule has 0 spiro atoms. The summed E-state index contributed by atoms with van der Waals surface area (Å²) in [4.78, 5) is 31.1. The second kappa shape index (κ2) is 8.13. The van der Waals surface area contributed by atoms with Gasteiger partial charge >= 0.3 is 6.36 Å². The number of fused-ring (bicyclic) bond motifs is 1. The molecule has 1 saturated heterocycles. The minimum atomic E-state index is -4.84. The van der Waals surface area contributed by atoms with Crippen LogP contribution in [-0.2, 0) is 9.59 Å². The van der Waals surface area contributed by atoms with Gasteiger partial charge < -0.3 is 15.0 Å². The summed E-state index contributed by atoms with van der Waals surface area (Å²) in [7, 11) is 0. The number of halogens is 3. The molecule has 1 aromatic carbocycles. The molecule has 1 fully saturated rings. The van der Waals surface area contributed by atoms with Gasteiger partial charge in [0, 0.05) is 29.7 Å². The Morgan fingerprint density at radius 1 is 1.25 bits per heavy atom. The molecule has 32 heavy (non-hydrogen) atoms. The van der Waals surface area contributed by atoms with Crippen LogP contribution in [0.5, 0.6) is 5.75 Å². The summed E-state index contributed by atoms with van der Waals surface area (Å²) in [6.07, 6.45) is -1.46. The Kier molecular flexibility index (Phi) is 5.49. The van der Waals surface area contributed by atoms with Crippen LogP contribution in [0.25, 0.3) is 11.0 Å². The third kappa shape index (κ3) is 4.36. The van der Waals surface area contributed by atoms with Gasteiger partial charge in [0.15, 0.2) is 5.65 Å². The highest BCUT2D eigenvalue weighted by molar-refractivity contribution is 6.13. The third-order valence-electron chi connectivity index (χ3n) is 5.07. The summed E-state index contributed by atoms with van der Waals surface area (Å²) in [5.41, 5.74) is 1.34. The van der Waals surface area contributed by atoms with Crippen molar-refractivity contribution in [2.24, 2.45) is 5.92 Å². The fourth-order valence-electron chi connectivity index (χ4n) is 3.64. The van der Waals surface area contributed by atoms with Crippen molar-refractivity contribution in [3.8, 4) is 5.75 Å². The molecule has 0 saturated carbocycles. The normalized spacial score (nSPS) is 16.8. The van der Waals surface area contributed by atoms with Gasteiger partial charge in [-0.05, 0) is 38.5 Å². The Morgan fingerprint density at radius 2 is 2.03 bits per heavy atom. The molecule has 11 heteroatoms. The van der Waals surface area contributed by atoms with E-state index >= 15 is 0 Å². The van der Waals surface area contributed by atoms with Crippen molar-refractivity contribution < 1.29 is 27.5 Å². The number of ether oxygens (including phenoxy) is 1. The van der Waals surface area contributed by atoms with Gasteiger partial charge in [-0.3, -0.25) is 9.59 Å². The van der Waals surface area contributed by atoms with Gasteiger partial charge in [-0.2, -0.15) is 5.10 Å². The lowest BCUT2D eigenvalue weighted by Gasteiger charge is -2.18. The molecule has 8 nitrogen and oxygen atoms in total. The summed E-state index contributed by atoms with van der Waals surface area (Å²) in [6.45, 7) is 4.16. The summed E-state index contributed by atoms with van der Waals surface area (Å²) in [5, 5.41) is 7.72. The van der Waals surface area contributed by atoms with E-state index in [0.29, 0.717) is 11.3 Å². The lowest BCUT2D eigenvalue weighted by molar-refractivity contribution is -0.274. The highest BCUT2D eigenvalue weighted by Gasteiger charge is 2.38. The molecule has 3 heterocycles. The number of carbonyl (C=O) groups excluding carboxylic acids is 2. The zero-order chi connectivity index (χ0) is 23.0. The number of anilines is 2. The van der Waals surface area contributed by atoms with Crippen molar-refractivity contribution in [3.63, 3.8) is 0 Å². The SMILES string of the molecule is CC(C)n1ncc2cc(NC(=O)[C@H]3CCN(c4cccc(OC(F)(F)F)c4)C3=O)cnc21. The van der Waals surface area contributed by atoms with E-state index in [1.165, 1.54) is 23.2 Å². The van der Waals surface area contributed by atoms with E-state index in [4.69, 9.17) is 0 Å². The van der Waals surface area contributed by atoms with Crippen LogP contribution in [0.3, 0.4) is 0 Å². The van der Waals surface area contributed by atoms with E-state index in [2.05, 4.69) is 20.1 Å². The monoisotopic (exact) mass is 447 g/mol. The second-order valence-corrected chi connectivity index (χ2v) is 7.69. The smallest absolute Gasteiger partial charge is 0.406 e. The second-order valence-electron chi connectivity index (χ2n) is 7.69. The van der Waals surface area contributed by atoms with Gasteiger partial charge in [0.25, 0.3) is 0 Å². The van der Waals surface area contributed by atoms with E-state index in [0.717, 1.165) is 17.5 Å². The molecule has 2 aromatic heterocycles. The summed E-state index contributed by atoms with van der Waals surface area (Å²) >= 11 is 0. The maximum atomic E-state index is 12.8. The number of aromatic nitrogens is 3. The number of pyridine rings is 1. The van der Waals surface area contributed by atoms with Crippen molar-refractivity contribution in [2.45, 2.75) is 32.7 Å². The fraction of sp³-hybridized carbons (Fsp3) is 0.333. The first-order chi connectivity index (χ1) is 15.1. The first-order valence-corrected chi connectivity index (χ1v) is 9.94. The number of amides is 2. The van der Waals surface area contributed by atoms with Crippen LogP contribution >= 0.6 is 0 Å². The average Bonchev–Trinajstić information content (AvgIpc) is 3.30.